The third-order valence-electron chi connectivity index (χ3n) is 2.62. The van der Waals surface area contributed by atoms with Gasteiger partial charge in [-0.05, 0) is 39.0 Å². The summed E-state index contributed by atoms with van der Waals surface area (Å²) in [6, 6.07) is 5.08. The Labute approximate surface area is 124 Å². The molecule has 1 aromatic rings. The lowest BCUT2D eigenvalue weighted by atomic mass is 9.97. The first-order valence-electron chi connectivity index (χ1n) is 6.03. The number of rotatable bonds is 4. The molecule has 0 saturated carbocycles. The molecule has 6 heteroatoms. The Morgan fingerprint density at radius 2 is 1.89 bits per heavy atom. The number of nitrogens with zero attached hydrogens (tertiary/aromatic N) is 1. The first-order valence-corrected chi connectivity index (χ1v) is 8.26. The fraction of sp³-hybridized carbons (Fsp3) is 0.538. The highest BCUT2D eigenvalue weighted by atomic mass is 79.9. The van der Waals surface area contributed by atoms with Gasteiger partial charge in [0.05, 0.1) is 4.90 Å². The number of nitrogens with two attached hydrogens (primary N) is 1. The van der Waals surface area contributed by atoms with Gasteiger partial charge in [-0.25, -0.2) is 12.7 Å². The van der Waals surface area contributed by atoms with E-state index in [1.54, 1.807) is 25.2 Å². The van der Waals surface area contributed by atoms with E-state index < -0.39 is 10.0 Å². The van der Waals surface area contributed by atoms with Crippen molar-refractivity contribution in [2.24, 2.45) is 11.1 Å². The van der Waals surface area contributed by atoms with Gasteiger partial charge in [-0.3, -0.25) is 0 Å². The maximum atomic E-state index is 12.5. The van der Waals surface area contributed by atoms with E-state index in [2.05, 4.69) is 15.9 Å². The molecule has 2 N–H and O–H groups in total. The molecule has 0 radical (unpaired) electrons. The summed E-state index contributed by atoms with van der Waals surface area (Å²) in [6.45, 7) is 6.86. The molecule has 1 rings (SSSR count). The molecule has 0 unspecified atom stereocenters. The van der Waals surface area contributed by atoms with Gasteiger partial charge < -0.3 is 5.73 Å². The highest BCUT2D eigenvalue weighted by Crippen LogP contribution is 2.27. The molecule has 0 aliphatic carbocycles. The van der Waals surface area contributed by atoms with Crippen molar-refractivity contribution >= 4 is 26.0 Å². The van der Waals surface area contributed by atoms with Gasteiger partial charge in [-0.15, -0.1) is 0 Å². The number of hydrogen-bond acceptors (Lipinski definition) is 3. The SMILES string of the molecule is CN(CC(C)(C)C)S(=O)(=O)c1ccc(CN)cc1Br. The molecule has 108 valence electrons. The Morgan fingerprint density at radius 3 is 2.32 bits per heavy atom. The van der Waals surface area contributed by atoms with Gasteiger partial charge in [0.1, 0.15) is 0 Å². The van der Waals surface area contributed by atoms with Gasteiger partial charge in [0.25, 0.3) is 0 Å². The van der Waals surface area contributed by atoms with E-state index >= 15 is 0 Å². The standard InChI is InChI=1S/C13H21BrN2O2S/c1-13(2,3)9-16(4)19(17,18)12-6-5-10(8-15)7-11(12)14/h5-7H,8-9,15H2,1-4H3. The maximum absolute atomic E-state index is 12.5. The zero-order valence-electron chi connectivity index (χ0n) is 11.8. The van der Waals surface area contributed by atoms with Crippen molar-refractivity contribution in [2.45, 2.75) is 32.2 Å². The third-order valence-corrected chi connectivity index (χ3v) is 5.40. The normalized spacial score (nSPS) is 13.0. The van der Waals surface area contributed by atoms with Crippen LogP contribution in [0.4, 0.5) is 0 Å². The molecule has 0 bridgehead atoms. The minimum atomic E-state index is -3.48. The van der Waals surface area contributed by atoms with Crippen LogP contribution in [0.1, 0.15) is 26.3 Å². The molecule has 0 aromatic heterocycles. The Balaban J connectivity index is 3.13. The average Bonchev–Trinajstić information content (AvgIpc) is 2.26. The Bertz CT molecular complexity index is 550. The van der Waals surface area contributed by atoms with Crippen LogP contribution in [0.2, 0.25) is 0 Å². The largest absolute Gasteiger partial charge is 0.326 e. The van der Waals surface area contributed by atoms with Crippen LogP contribution in [0.5, 0.6) is 0 Å². The van der Waals surface area contributed by atoms with Crippen LogP contribution in [0, 0.1) is 5.41 Å². The topological polar surface area (TPSA) is 63.4 Å². The minimum absolute atomic E-state index is 0.0918. The van der Waals surface area contributed by atoms with E-state index in [9.17, 15) is 8.42 Å². The van der Waals surface area contributed by atoms with Crippen molar-refractivity contribution in [3.63, 3.8) is 0 Å². The second-order valence-electron chi connectivity index (χ2n) is 5.79. The second kappa shape index (κ2) is 5.91. The fourth-order valence-electron chi connectivity index (χ4n) is 1.80. The molecule has 0 amide bonds. The van der Waals surface area contributed by atoms with Crippen molar-refractivity contribution < 1.29 is 8.42 Å². The molecule has 0 saturated heterocycles. The average molecular weight is 349 g/mol. The van der Waals surface area contributed by atoms with Crippen LogP contribution in [0.25, 0.3) is 0 Å². The van der Waals surface area contributed by atoms with E-state index in [1.165, 1.54) is 4.31 Å². The summed E-state index contributed by atoms with van der Waals surface area (Å²) in [4.78, 5) is 0.274. The summed E-state index contributed by atoms with van der Waals surface area (Å²) >= 11 is 3.31. The van der Waals surface area contributed by atoms with Crippen LogP contribution in [0.15, 0.2) is 27.6 Å². The number of halogens is 1. The van der Waals surface area contributed by atoms with Crippen molar-refractivity contribution in [2.75, 3.05) is 13.6 Å². The van der Waals surface area contributed by atoms with Crippen LogP contribution in [-0.2, 0) is 16.6 Å². The zero-order chi connectivity index (χ0) is 14.8. The number of benzene rings is 1. The lowest BCUT2D eigenvalue weighted by molar-refractivity contribution is 0.310. The minimum Gasteiger partial charge on any atom is -0.326 e. The van der Waals surface area contributed by atoms with Crippen LogP contribution < -0.4 is 5.73 Å². The summed E-state index contributed by atoms with van der Waals surface area (Å²) in [5, 5.41) is 0. The monoisotopic (exact) mass is 348 g/mol. The predicted octanol–water partition coefficient (Wildman–Crippen LogP) is 2.57. The van der Waals surface area contributed by atoms with E-state index in [4.69, 9.17) is 5.73 Å². The Morgan fingerprint density at radius 1 is 1.32 bits per heavy atom. The first-order chi connectivity index (χ1) is 8.58. The number of sulfonamides is 1. The molecule has 19 heavy (non-hydrogen) atoms. The molecule has 1 aromatic carbocycles. The molecule has 0 aliphatic rings. The summed E-state index contributed by atoms with van der Waals surface area (Å²) in [7, 11) is -1.88. The Hall–Kier alpha value is -0.430. The highest BCUT2D eigenvalue weighted by molar-refractivity contribution is 9.10. The van der Waals surface area contributed by atoms with E-state index in [-0.39, 0.29) is 10.3 Å². The summed E-state index contributed by atoms with van der Waals surface area (Å²) in [5.74, 6) is 0. The maximum Gasteiger partial charge on any atom is 0.243 e. The van der Waals surface area contributed by atoms with Crippen LogP contribution in [0.3, 0.4) is 0 Å². The van der Waals surface area contributed by atoms with E-state index in [0.29, 0.717) is 17.6 Å². The first kappa shape index (κ1) is 16.6. The van der Waals surface area contributed by atoms with Gasteiger partial charge in [-0.2, -0.15) is 0 Å². The molecule has 4 nitrogen and oxygen atoms in total. The molecule has 0 aliphatic heterocycles. The van der Waals surface area contributed by atoms with Crippen molar-refractivity contribution in [3.05, 3.63) is 28.2 Å². The Kier molecular flexibility index (Phi) is 5.17. The van der Waals surface area contributed by atoms with E-state index in [0.717, 1.165) is 5.56 Å². The van der Waals surface area contributed by atoms with Gasteiger partial charge in [0.2, 0.25) is 10.0 Å². The summed E-state index contributed by atoms with van der Waals surface area (Å²) in [6.07, 6.45) is 0. The summed E-state index contributed by atoms with van der Waals surface area (Å²) < 4.78 is 26.9. The lowest BCUT2D eigenvalue weighted by Gasteiger charge is -2.26. The quantitative estimate of drug-likeness (QED) is 0.909. The van der Waals surface area contributed by atoms with Gasteiger partial charge in [0.15, 0.2) is 0 Å². The van der Waals surface area contributed by atoms with Gasteiger partial charge in [0, 0.05) is 24.6 Å². The van der Waals surface area contributed by atoms with Crippen molar-refractivity contribution in [1.29, 1.82) is 0 Å². The van der Waals surface area contributed by atoms with Crippen LogP contribution in [-0.4, -0.2) is 26.3 Å². The zero-order valence-corrected chi connectivity index (χ0v) is 14.2. The molecular weight excluding hydrogens is 328 g/mol. The van der Waals surface area contributed by atoms with Gasteiger partial charge >= 0.3 is 0 Å². The van der Waals surface area contributed by atoms with Crippen LogP contribution >= 0.6 is 15.9 Å². The van der Waals surface area contributed by atoms with E-state index in [1.807, 2.05) is 20.8 Å². The second-order valence-corrected chi connectivity index (χ2v) is 8.66. The lowest BCUT2D eigenvalue weighted by Crippen LogP contribution is -2.34. The molecule has 0 atom stereocenters. The smallest absolute Gasteiger partial charge is 0.243 e. The molecule has 0 heterocycles. The van der Waals surface area contributed by atoms with Crippen molar-refractivity contribution in [3.8, 4) is 0 Å². The summed E-state index contributed by atoms with van der Waals surface area (Å²) in [5.41, 5.74) is 6.34. The molecule has 0 fully saturated rings. The predicted molar refractivity (Wildman–Crippen MR) is 81.3 cm³/mol. The highest BCUT2D eigenvalue weighted by Gasteiger charge is 2.26. The van der Waals surface area contributed by atoms with Crippen molar-refractivity contribution in [1.82, 2.24) is 4.31 Å². The molecule has 0 spiro atoms. The number of hydrogen-bond donors (Lipinski definition) is 1. The fourth-order valence-corrected chi connectivity index (χ4v) is 4.28. The van der Waals surface area contributed by atoms with Gasteiger partial charge in [-0.1, -0.05) is 26.8 Å². The third kappa shape index (κ3) is 4.27. The molecular formula is C13H21BrN2O2S.